The second-order valence-corrected chi connectivity index (χ2v) is 5.69. The lowest BCUT2D eigenvalue weighted by Crippen LogP contribution is -2.04. The van der Waals surface area contributed by atoms with Crippen LogP contribution >= 0.6 is 11.8 Å². The molecule has 0 N–H and O–H groups in total. The lowest BCUT2D eigenvalue weighted by atomic mass is 10.0. The Morgan fingerprint density at radius 3 is 2.87 bits per heavy atom. The van der Waals surface area contributed by atoms with Crippen LogP contribution in [0.1, 0.15) is 31.7 Å². The molecule has 1 aliphatic carbocycles. The summed E-state index contributed by atoms with van der Waals surface area (Å²) in [5, 5.41) is 0.695. The standard InChI is InChI=1S/C14H18S/c1-11-5-3-7-13(9-11)15-14-8-4-6-12(2)10-14/h3,5,7,9-10,14H,4,6,8H2,1-2H3. The van der Waals surface area contributed by atoms with Crippen LogP contribution in [0, 0.1) is 6.92 Å². The molecule has 0 nitrogen and oxygen atoms in total. The lowest BCUT2D eigenvalue weighted by Gasteiger charge is -2.18. The van der Waals surface area contributed by atoms with Gasteiger partial charge in [0, 0.05) is 10.1 Å². The third kappa shape index (κ3) is 3.13. The van der Waals surface area contributed by atoms with Crippen LogP contribution in [-0.2, 0) is 0 Å². The molecule has 0 spiro atoms. The predicted octanol–water partition coefficient (Wildman–Crippen LogP) is 4.59. The fraction of sp³-hybridized carbons (Fsp3) is 0.429. The molecule has 0 saturated carbocycles. The van der Waals surface area contributed by atoms with Crippen LogP contribution in [0.4, 0.5) is 0 Å². The van der Waals surface area contributed by atoms with E-state index in [0.29, 0.717) is 5.25 Å². The van der Waals surface area contributed by atoms with Crippen LogP contribution in [-0.4, -0.2) is 5.25 Å². The first-order valence-electron chi connectivity index (χ1n) is 5.65. The zero-order valence-electron chi connectivity index (χ0n) is 9.49. The number of hydrogen-bond acceptors (Lipinski definition) is 1. The monoisotopic (exact) mass is 218 g/mol. The Balaban J connectivity index is 2.05. The number of thioether (sulfide) groups is 1. The molecule has 0 heterocycles. The van der Waals surface area contributed by atoms with Crippen LogP contribution in [0.5, 0.6) is 0 Å². The van der Waals surface area contributed by atoms with Crippen molar-refractivity contribution in [3.8, 4) is 0 Å². The second kappa shape index (κ2) is 4.89. The average molecular weight is 218 g/mol. The van der Waals surface area contributed by atoms with E-state index < -0.39 is 0 Å². The van der Waals surface area contributed by atoms with Gasteiger partial charge in [0.15, 0.2) is 0 Å². The third-order valence-corrected chi connectivity index (χ3v) is 4.01. The van der Waals surface area contributed by atoms with Crippen molar-refractivity contribution in [2.45, 2.75) is 43.3 Å². The van der Waals surface area contributed by atoms with Gasteiger partial charge in [-0.3, -0.25) is 0 Å². The summed E-state index contributed by atoms with van der Waals surface area (Å²) >= 11 is 2.01. The second-order valence-electron chi connectivity index (χ2n) is 4.38. The van der Waals surface area contributed by atoms with Crippen molar-refractivity contribution in [2.24, 2.45) is 0 Å². The quantitative estimate of drug-likeness (QED) is 0.654. The number of allylic oxidation sites excluding steroid dienone is 1. The molecule has 0 aromatic heterocycles. The van der Waals surface area contributed by atoms with E-state index in [1.807, 2.05) is 11.8 Å². The van der Waals surface area contributed by atoms with Gasteiger partial charge in [-0.1, -0.05) is 29.3 Å². The van der Waals surface area contributed by atoms with E-state index in [1.54, 1.807) is 5.57 Å². The summed E-state index contributed by atoms with van der Waals surface area (Å²) in [6, 6.07) is 8.81. The first kappa shape index (κ1) is 10.8. The van der Waals surface area contributed by atoms with E-state index in [9.17, 15) is 0 Å². The maximum atomic E-state index is 2.44. The molecule has 2 rings (SSSR count). The Labute approximate surface area is 96.8 Å². The van der Waals surface area contributed by atoms with Gasteiger partial charge in [-0.05, 0) is 45.2 Å². The minimum absolute atomic E-state index is 0.695. The summed E-state index contributed by atoms with van der Waals surface area (Å²) in [5.74, 6) is 0. The molecule has 0 saturated heterocycles. The van der Waals surface area contributed by atoms with Crippen molar-refractivity contribution in [1.29, 1.82) is 0 Å². The highest BCUT2D eigenvalue weighted by Gasteiger charge is 2.12. The van der Waals surface area contributed by atoms with E-state index in [-0.39, 0.29) is 0 Å². The van der Waals surface area contributed by atoms with Crippen molar-refractivity contribution in [3.63, 3.8) is 0 Å². The number of hydrogen-bond donors (Lipinski definition) is 0. The molecule has 1 aromatic rings. The van der Waals surface area contributed by atoms with Gasteiger partial charge in [-0.15, -0.1) is 11.8 Å². The smallest absolute Gasteiger partial charge is 0.0277 e. The highest BCUT2D eigenvalue weighted by Crippen LogP contribution is 2.32. The van der Waals surface area contributed by atoms with E-state index in [1.165, 1.54) is 29.7 Å². The Bertz CT molecular complexity index is 365. The molecule has 15 heavy (non-hydrogen) atoms. The van der Waals surface area contributed by atoms with Crippen molar-refractivity contribution >= 4 is 11.8 Å². The van der Waals surface area contributed by atoms with Crippen molar-refractivity contribution in [1.82, 2.24) is 0 Å². The maximum Gasteiger partial charge on any atom is 0.0277 e. The Hall–Kier alpha value is -0.690. The van der Waals surface area contributed by atoms with Crippen LogP contribution in [0.15, 0.2) is 40.8 Å². The molecule has 1 unspecified atom stereocenters. The summed E-state index contributed by atoms with van der Waals surface area (Å²) in [6.45, 7) is 4.41. The Morgan fingerprint density at radius 2 is 2.13 bits per heavy atom. The Morgan fingerprint density at radius 1 is 1.27 bits per heavy atom. The van der Waals surface area contributed by atoms with Gasteiger partial charge in [0.1, 0.15) is 0 Å². The molecular formula is C14H18S. The minimum Gasteiger partial charge on any atom is -0.119 e. The summed E-state index contributed by atoms with van der Waals surface area (Å²) in [7, 11) is 0. The predicted molar refractivity (Wildman–Crippen MR) is 68.4 cm³/mol. The highest BCUT2D eigenvalue weighted by atomic mass is 32.2. The minimum atomic E-state index is 0.695. The molecule has 0 radical (unpaired) electrons. The van der Waals surface area contributed by atoms with Crippen molar-refractivity contribution in [3.05, 3.63) is 41.5 Å². The number of benzene rings is 1. The normalized spacial score (nSPS) is 21.2. The lowest BCUT2D eigenvalue weighted by molar-refractivity contribution is 0.711. The van der Waals surface area contributed by atoms with Gasteiger partial charge < -0.3 is 0 Å². The molecule has 0 bridgehead atoms. The van der Waals surface area contributed by atoms with Gasteiger partial charge >= 0.3 is 0 Å². The first-order chi connectivity index (χ1) is 7.24. The van der Waals surface area contributed by atoms with Crippen LogP contribution in [0.3, 0.4) is 0 Å². The molecule has 1 atom stereocenters. The fourth-order valence-corrected chi connectivity index (χ4v) is 3.37. The molecule has 0 fully saturated rings. The molecule has 0 aliphatic heterocycles. The largest absolute Gasteiger partial charge is 0.119 e. The van der Waals surface area contributed by atoms with Crippen LogP contribution < -0.4 is 0 Å². The average Bonchev–Trinajstić information content (AvgIpc) is 2.17. The number of aryl methyl sites for hydroxylation is 1. The molecule has 1 heteroatoms. The van der Waals surface area contributed by atoms with E-state index >= 15 is 0 Å². The summed E-state index contributed by atoms with van der Waals surface area (Å²) in [4.78, 5) is 1.41. The molecule has 1 aromatic carbocycles. The SMILES string of the molecule is CC1=CC(Sc2cccc(C)c2)CCC1. The van der Waals surface area contributed by atoms with Gasteiger partial charge in [0.25, 0.3) is 0 Å². The summed E-state index contributed by atoms with van der Waals surface area (Å²) < 4.78 is 0. The van der Waals surface area contributed by atoms with Crippen molar-refractivity contribution in [2.75, 3.05) is 0 Å². The van der Waals surface area contributed by atoms with E-state index in [0.717, 1.165) is 0 Å². The summed E-state index contributed by atoms with van der Waals surface area (Å²) in [5.41, 5.74) is 2.92. The highest BCUT2D eigenvalue weighted by molar-refractivity contribution is 8.00. The fourth-order valence-electron chi connectivity index (χ4n) is 2.02. The topological polar surface area (TPSA) is 0 Å². The van der Waals surface area contributed by atoms with Crippen LogP contribution in [0.2, 0.25) is 0 Å². The Kier molecular flexibility index (Phi) is 3.53. The number of rotatable bonds is 2. The van der Waals surface area contributed by atoms with Gasteiger partial charge in [-0.25, -0.2) is 0 Å². The van der Waals surface area contributed by atoms with Gasteiger partial charge in [-0.2, -0.15) is 0 Å². The van der Waals surface area contributed by atoms with E-state index in [2.05, 4.69) is 44.2 Å². The molecular weight excluding hydrogens is 200 g/mol. The molecule has 80 valence electrons. The van der Waals surface area contributed by atoms with Gasteiger partial charge in [0.2, 0.25) is 0 Å². The molecule has 0 amide bonds. The van der Waals surface area contributed by atoms with Crippen molar-refractivity contribution < 1.29 is 0 Å². The zero-order valence-corrected chi connectivity index (χ0v) is 10.3. The van der Waals surface area contributed by atoms with Crippen LogP contribution in [0.25, 0.3) is 0 Å². The zero-order chi connectivity index (χ0) is 10.7. The third-order valence-electron chi connectivity index (χ3n) is 2.81. The maximum absolute atomic E-state index is 2.44. The van der Waals surface area contributed by atoms with Gasteiger partial charge in [0.05, 0.1) is 0 Å². The molecule has 1 aliphatic rings. The summed E-state index contributed by atoms with van der Waals surface area (Å²) in [6.07, 6.45) is 6.42. The van der Waals surface area contributed by atoms with E-state index in [4.69, 9.17) is 0 Å². The first-order valence-corrected chi connectivity index (χ1v) is 6.52.